The highest BCUT2D eigenvalue weighted by Gasteiger charge is 2.37. The average Bonchev–Trinajstić information content (AvgIpc) is 3.22. The maximum Gasteiger partial charge on any atom is 0.433 e. The van der Waals surface area contributed by atoms with Crippen molar-refractivity contribution in [2.75, 3.05) is 5.32 Å². The summed E-state index contributed by atoms with van der Waals surface area (Å²) >= 11 is 0. The number of pyridine rings is 2. The highest BCUT2D eigenvalue weighted by Crippen LogP contribution is 2.33. The van der Waals surface area contributed by atoms with Gasteiger partial charge in [-0.25, -0.2) is 4.68 Å². The number of nitrogens with zero attached hydrogens (tertiary/aromatic N) is 6. The van der Waals surface area contributed by atoms with Crippen LogP contribution in [0.5, 0.6) is 0 Å². The molecule has 150 valence electrons. The van der Waals surface area contributed by atoms with Gasteiger partial charge in [0.2, 0.25) is 0 Å². The van der Waals surface area contributed by atoms with Crippen LogP contribution in [0.2, 0.25) is 0 Å². The largest absolute Gasteiger partial charge is 0.433 e. The second-order valence-corrected chi connectivity index (χ2v) is 6.04. The van der Waals surface area contributed by atoms with E-state index in [1.807, 2.05) is 0 Å². The Morgan fingerprint density at radius 3 is 2.33 bits per heavy atom. The van der Waals surface area contributed by atoms with Crippen molar-refractivity contribution in [3.05, 3.63) is 78.5 Å². The van der Waals surface area contributed by atoms with Gasteiger partial charge in [-0.3, -0.25) is 14.8 Å². The van der Waals surface area contributed by atoms with Gasteiger partial charge in [-0.2, -0.15) is 18.3 Å². The summed E-state index contributed by atoms with van der Waals surface area (Å²) in [6, 6.07) is 9.88. The minimum atomic E-state index is -4.66. The van der Waals surface area contributed by atoms with Crippen LogP contribution in [0.1, 0.15) is 16.1 Å². The van der Waals surface area contributed by atoms with Crippen molar-refractivity contribution in [3.8, 4) is 17.1 Å². The van der Waals surface area contributed by atoms with E-state index in [2.05, 4.69) is 30.6 Å². The number of amides is 1. The molecule has 0 radical (unpaired) electrons. The van der Waals surface area contributed by atoms with Gasteiger partial charge in [0.15, 0.2) is 17.3 Å². The highest BCUT2D eigenvalue weighted by molar-refractivity contribution is 6.03. The van der Waals surface area contributed by atoms with Crippen molar-refractivity contribution in [2.45, 2.75) is 6.18 Å². The molecule has 0 aliphatic carbocycles. The molecule has 0 bridgehead atoms. The molecule has 0 atom stereocenters. The van der Waals surface area contributed by atoms with Crippen molar-refractivity contribution in [1.29, 1.82) is 0 Å². The minimum absolute atomic E-state index is 0.0702. The summed E-state index contributed by atoms with van der Waals surface area (Å²) < 4.78 is 41.2. The van der Waals surface area contributed by atoms with Crippen molar-refractivity contribution in [3.63, 3.8) is 0 Å². The number of halogens is 3. The summed E-state index contributed by atoms with van der Waals surface area (Å²) in [5.41, 5.74) is -0.194. The van der Waals surface area contributed by atoms with Crippen LogP contribution >= 0.6 is 0 Å². The van der Waals surface area contributed by atoms with Crippen molar-refractivity contribution in [1.82, 2.24) is 29.9 Å². The zero-order valence-electron chi connectivity index (χ0n) is 15.1. The molecule has 4 aromatic heterocycles. The summed E-state index contributed by atoms with van der Waals surface area (Å²) in [6.45, 7) is 0. The first-order valence-electron chi connectivity index (χ1n) is 8.55. The second-order valence-electron chi connectivity index (χ2n) is 6.04. The molecule has 8 nitrogen and oxygen atoms in total. The lowest BCUT2D eigenvalue weighted by Crippen LogP contribution is -2.16. The molecule has 30 heavy (non-hydrogen) atoms. The number of hydrogen-bond acceptors (Lipinski definition) is 6. The van der Waals surface area contributed by atoms with Crippen LogP contribution in [-0.2, 0) is 6.18 Å². The molecule has 0 unspecified atom stereocenters. The molecule has 0 saturated heterocycles. The number of nitrogens with one attached hydrogen (secondary N) is 1. The Balaban J connectivity index is 1.64. The normalized spacial score (nSPS) is 11.3. The fourth-order valence-electron chi connectivity index (χ4n) is 2.60. The molecule has 1 N–H and O–H groups in total. The Kier molecular flexibility index (Phi) is 4.92. The third-order valence-corrected chi connectivity index (χ3v) is 3.99. The van der Waals surface area contributed by atoms with Gasteiger partial charge in [-0.1, -0.05) is 0 Å². The van der Waals surface area contributed by atoms with Crippen LogP contribution in [0, 0.1) is 0 Å². The quantitative estimate of drug-likeness (QED) is 0.553. The Bertz CT molecular complexity index is 1160. The van der Waals surface area contributed by atoms with Crippen LogP contribution in [0.3, 0.4) is 0 Å². The summed E-state index contributed by atoms with van der Waals surface area (Å²) in [7, 11) is 0. The molecule has 4 rings (SSSR count). The molecular formula is C19H12F3N7O. The summed E-state index contributed by atoms with van der Waals surface area (Å²) in [5.74, 6) is -0.559. The van der Waals surface area contributed by atoms with E-state index < -0.39 is 17.8 Å². The zero-order valence-corrected chi connectivity index (χ0v) is 15.1. The van der Waals surface area contributed by atoms with Crippen molar-refractivity contribution < 1.29 is 18.0 Å². The Hall–Kier alpha value is -4.15. The summed E-state index contributed by atoms with van der Waals surface area (Å²) in [5, 5.41) is 14.1. The van der Waals surface area contributed by atoms with Gasteiger partial charge >= 0.3 is 6.18 Å². The first-order valence-corrected chi connectivity index (χ1v) is 8.55. The zero-order chi connectivity index (χ0) is 21.1. The van der Waals surface area contributed by atoms with Crippen LogP contribution in [-0.4, -0.2) is 35.9 Å². The Morgan fingerprint density at radius 2 is 1.73 bits per heavy atom. The summed E-state index contributed by atoms with van der Waals surface area (Å²) in [6.07, 6.45) is 1.15. The van der Waals surface area contributed by atoms with Gasteiger partial charge in [-0.15, -0.1) is 10.2 Å². The molecule has 0 aliphatic heterocycles. The first kappa shape index (κ1) is 19.2. The molecule has 4 heterocycles. The lowest BCUT2D eigenvalue weighted by atomic mass is 10.2. The van der Waals surface area contributed by atoms with E-state index in [0.29, 0.717) is 15.8 Å². The van der Waals surface area contributed by atoms with E-state index in [0.717, 1.165) is 6.07 Å². The van der Waals surface area contributed by atoms with E-state index in [-0.39, 0.29) is 17.3 Å². The first-order chi connectivity index (χ1) is 14.4. The highest BCUT2D eigenvalue weighted by atomic mass is 19.4. The Morgan fingerprint density at radius 1 is 0.967 bits per heavy atom. The number of carbonyl (C=O) groups is 1. The van der Waals surface area contributed by atoms with E-state index in [4.69, 9.17) is 0 Å². The van der Waals surface area contributed by atoms with Crippen LogP contribution in [0.15, 0.2) is 67.3 Å². The molecule has 0 spiro atoms. The maximum atomic E-state index is 13.5. The molecule has 0 saturated carbocycles. The standard InChI is InChI=1S/C19H12F3N7O/c20-19(21,22)15-9-14(12-3-1-7-23-10-12)28-29(15)17-6-5-16(26-27-17)25-18(30)13-4-2-8-24-11-13/h1-11H,(H,25,26,30). The molecule has 1 amide bonds. The molecular weight excluding hydrogens is 399 g/mol. The SMILES string of the molecule is O=C(Nc1ccc(-n2nc(-c3cccnc3)cc2C(F)(F)F)nn1)c1cccnc1. The lowest BCUT2D eigenvalue weighted by Gasteiger charge is -2.09. The number of aromatic nitrogens is 6. The number of carbonyl (C=O) groups excluding carboxylic acids is 1. The molecule has 0 aliphatic rings. The third kappa shape index (κ3) is 3.99. The molecule has 0 aromatic carbocycles. The third-order valence-electron chi connectivity index (χ3n) is 3.99. The molecule has 4 aromatic rings. The smallest absolute Gasteiger partial charge is 0.305 e. The fraction of sp³-hybridized carbons (Fsp3) is 0.0526. The van der Waals surface area contributed by atoms with Gasteiger partial charge in [0.05, 0.1) is 11.3 Å². The van der Waals surface area contributed by atoms with E-state index in [1.54, 1.807) is 24.3 Å². The van der Waals surface area contributed by atoms with Gasteiger partial charge in [0, 0.05) is 30.4 Å². The fourth-order valence-corrected chi connectivity index (χ4v) is 2.60. The van der Waals surface area contributed by atoms with E-state index in [9.17, 15) is 18.0 Å². The van der Waals surface area contributed by atoms with Gasteiger partial charge in [0.1, 0.15) is 0 Å². The van der Waals surface area contributed by atoms with E-state index >= 15 is 0 Å². The number of anilines is 1. The molecule has 11 heteroatoms. The van der Waals surface area contributed by atoms with Gasteiger partial charge in [0.25, 0.3) is 5.91 Å². The average molecular weight is 411 g/mol. The van der Waals surface area contributed by atoms with Gasteiger partial charge < -0.3 is 5.32 Å². The monoisotopic (exact) mass is 411 g/mol. The predicted molar refractivity (Wildman–Crippen MR) is 99.6 cm³/mol. The van der Waals surface area contributed by atoms with Gasteiger partial charge in [-0.05, 0) is 42.5 Å². The minimum Gasteiger partial charge on any atom is -0.305 e. The second kappa shape index (κ2) is 7.70. The van der Waals surface area contributed by atoms with Crippen molar-refractivity contribution >= 4 is 11.7 Å². The summed E-state index contributed by atoms with van der Waals surface area (Å²) in [4.78, 5) is 19.9. The van der Waals surface area contributed by atoms with Crippen LogP contribution in [0.4, 0.5) is 19.0 Å². The molecule has 0 fully saturated rings. The van der Waals surface area contributed by atoms with E-state index in [1.165, 1.54) is 36.9 Å². The number of rotatable bonds is 4. The van der Waals surface area contributed by atoms with Crippen LogP contribution < -0.4 is 5.32 Å². The van der Waals surface area contributed by atoms with Crippen molar-refractivity contribution in [2.24, 2.45) is 0 Å². The predicted octanol–water partition coefficient (Wildman–Crippen LogP) is 3.39. The van der Waals surface area contributed by atoms with Crippen LogP contribution in [0.25, 0.3) is 17.1 Å². The number of alkyl halides is 3. The Labute approximate surface area is 167 Å². The topological polar surface area (TPSA) is 98.5 Å². The number of hydrogen-bond donors (Lipinski definition) is 1. The maximum absolute atomic E-state index is 13.5. The lowest BCUT2D eigenvalue weighted by molar-refractivity contribution is -0.142.